The van der Waals surface area contributed by atoms with Gasteiger partial charge in [0.25, 0.3) is 0 Å². The summed E-state index contributed by atoms with van der Waals surface area (Å²) in [5, 5.41) is 4.24. The van der Waals surface area contributed by atoms with Crippen LogP contribution >= 0.6 is 23.2 Å². The fraction of sp³-hybridized carbons (Fsp3) is 0.286. The molecule has 1 heterocycles. The van der Waals surface area contributed by atoms with Gasteiger partial charge in [-0.15, -0.1) is 0 Å². The Hall–Kier alpha value is -1.32. The minimum Gasteiger partial charge on any atom is -0.373 e. The topological polar surface area (TPSA) is 37.8 Å². The van der Waals surface area contributed by atoms with Gasteiger partial charge in [-0.1, -0.05) is 37.0 Å². The minimum atomic E-state index is 0.312. The molecule has 2 aromatic rings. The standard InChI is InChI=1S/C14H15Cl2N3/c1-8(2)12-7-13(17-3)19-14(18-12)10-6-9(15)4-5-11(10)16/h4-8H,1-3H3,(H,17,18,19). The summed E-state index contributed by atoms with van der Waals surface area (Å²) in [5.41, 5.74) is 1.71. The largest absolute Gasteiger partial charge is 0.373 e. The first-order valence-corrected chi connectivity index (χ1v) is 6.79. The fourth-order valence-corrected chi connectivity index (χ4v) is 2.05. The maximum Gasteiger partial charge on any atom is 0.163 e. The molecule has 0 saturated heterocycles. The SMILES string of the molecule is CNc1cc(C(C)C)nc(-c2cc(Cl)ccc2Cl)n1. The van der Waals surface area contributed by atoms with Crippen molar-refractivity contribution in [1.29, 1.82) is 0 Å². The van der Waals surface area contributed by atoms with Gasteiger partial charge in [-0.2, -0.15) is 0 Å². The van der Waals surface area contributed by atoms with Gasteiger partial charge in [0.15, 0.2) is 5.82 Å². The lowest BCUT2D eigenvalue weighted by molar-refractivity contribution is 0.817. The molecular formula is C14H15Cl2N3. The van der Waals surface area contributed by atoms with E-state index in [1.807, 2.05) is 13.1 Å². The number of aromatic nitrogens is 2. The molecule has 1 aromatic carbocycles. The molecule has 19 heavy (non-hydrogen) atoms. The van der Waals surface area contributed by atoms with Gasteiger partial charge >= 0.3 is 0 Å². The number of nitrogens with zero attached hydrogens (tertiary/aromatic N) is 2. The Morgan fingerprint density at radius 1 is 1.11 bits per heavy atom. The van der Waals surface area contributed by atoms with Crippen molar-refractivity contribution in [2.24, 2.45) is 0 Å². The molecule has 0 spiro atoms. The average Bonchev–Trinajstić information content (AvgIpc) is 2.40. The van der Waals surface area contributed by atoms with Crippen LogP contribution in [0.1, 0.15) is 25.5 Å². The number of benzene rings is 1. The quantitative estimate of drug-likeness (QED) is 0.898. The number of nitrogens with one attached hydrogen (secondary N) is 1. The van der Waals surface area contributed by atoms with Crippen molar-refractivity contribution in [3.05, 3.63) is 40.0 Å². The summed E-state index contributed by atoms with van der Waals surface area (Å²) in [5.74, 6) is 1.67. The van der Waals surface area contributed by atoms with Crippen molar-refractivity contribution in [3.63, 3.8) is 0 Å². The maximum absolute atomic E-state index is 6.20. The molecular weight excluding hydrogens is 281 g/mol. The molecule has 0 unspecified atom stereocenters. The van der Waals surface area contributed by atoms with Gasteiger partial charge in [0.1, 0.15) is 5.82 Å². The summed E-state index contributed by atoms with van der Waals surface area (Å²) in [7, 11) is 1.83. The van der Waals surface area contributed by atoms with Crippen LogP contribution in [0.25, 0.3) is 11.4 Å². The maximum atomic E-state index is 6.20. The molecule has 0 atom stereocenters. The highest BCUT2D eigenvalue weighted by Gasteiger charge is 2.12. The predicted molar refractivity (Wildman–Crippen MR) is 81.1 cm³/mol. The Kier molecular flexibility index (Phi) is 4.27. The second-order valence-electron chi connectivity index (χ2n) is 4.53. The van der Waals surface area contributed by atoms with Gasteiger partial charge in [-0.3, -0.25) is 0 Å². The monoisotopic (exact) mass is 295 g/mol. The van der Waals surface area contributed by atoms with Crippen LogP contribution in [0.5, 0.6) is 0 Å². The lowest BCUT2D eigenvalue weighted by Gasteiger charge is -2.11. The molecule has 0 saturated carbocycles. The number of rotatable bonds is 3. The molecule has 1 N–H and O–H groups in total. The van der Waals surface area contributed by atoms with Crippen molar-refractivity contribution in [1.82, 2.24) is 9.97 Å². The number of anilines is 1. The highest BCUT2D eigenvalue weighted by Crippen LogP contribution is 2.30. The van der Waals surface area contributed by atoms with E-state index in [0.717, 1.165) is 17.1 Å². The van der Waals surface area contributed by atoms with Gasteiger partial charge < -0.3 is 5.32 Å². The van der Waals surface area contributed by atoms with Crippen molar-refractivity contribution < 1.29 is 0 Å². The third-order valence-corrected chi connectivity index (χ3v) is 3.33. The second-order valence-corrected chi connectivity index (χ2v) is 5.37. The zero-order valence-corrected chi connectivity index (χ0v) is 12.5. The van der Waals surface area contributed by atoms with Crippen molar-refractivity contribution in [2.45, 2.75) is 19.8 Å². The molecule has 0 bridgehead atoms. The summed E-state index contributed by atoms with van der Waals surface area (Å²) >= 11 is 12.2. The van der Waals surface area contributed by atoms with Crippen LogP contribution in [0, 0.1) is 0 Å². The van der Waals surface area contributed by atoms with Crippen LogP contribution in [-0.4, -0.2) is 17.0 Å². The van der Waals surface area contributed by atoms with E-state index in [1.54, 1.807) is 18.2 Å². The predicted octanol–water partition coefficient (Wildman–Crippen LogP) is 4.62. The van der Waals surface area contributed by atoms with Gasteiger partial charge in [0.05, 0.1) is 5.02 Å². The fourth-order valence-electron chi connectivity index (χ4n) is 1.68. The van der Waals surface area contributed by atoms with Crippen LogP contribution in [0.4, 0.5) is 5.82 Å². The van der Waals surface area contributed by atoms with E-state index in [-0.39, 0.29) is 0 Å². The Bertz CT molecular complexity index is 597. The van der Waals surface area contributed by atoms with E-state index in [4.69, 9.17) is 23.2 Å². The van der Waals surface area contributed by atoms with Gasteiger partial charge in [0, 0.05) is 29.4 Å². The number of hydrogen-bond donors (Lipinski definition) is 1. The highest BCUT2D eigenvalue weighted by molar-refractivity contribution is 6.35. The summed E-state index contributed by atoms with van der Waals surface area (Å²) in [4.78, 5) is 9.00. The molecule has 1 aromatic heterocycles. The van der Waals surface area contributed by atoms with Crippen LogP contribution in [0.3, 0.4) is 0 Å². The average molecular weight is 296 g/mol. The molecule has 0 aliphatic carbocycles. The second kappa shape index (κ2) is 5.76. The molecule has 0 fully saturated rings. The van der Waals surface area contributed by atoms with Gasteiger partial charge in [0.2, 0.25) is 0 Å². The van der Waals surface area contributed by atoms with Crippen molar-refractivity contribution >= 4 is 29.0 Å². The summed E-state index contributed by atoms with van der Waals surface area (Å²) in [6.07, 6.45) is 0. The Labute approximate surface area is 123 Å². The molecule has 5 heteroatoms. The lowest BCUT2D eigenvalue weighted by atomic mass is 10.1. The minimum absolute atomic E-state index is 0.312. The molecule has 0 aliphatic heterocycles. The smallest absolute Gasteiger partial charge is 0.163 e. The molecule has 100 valence electrons. The number of hydrogen-bond acceptors (Lipinski definition) is 3. The van der Waals surface area contributed by atoms with E-state index in [2.05, 4.69) is 29.1 Å². The van der Waals surface area contributed by atoms with Crippen LogP contribution in [0.15, 0.2) is 24.3 Å². The van der Waals surface area contributed by atoms with E-state index in [0.29, 0.717) is 21.8 Å². The first kappa shape index (κ1) is 14.1. The molecule has 0 aliphatic rings. The van der Waals surface area contributed by atoms with E-state index in [1.165, 1.54) is 0 Å². The lowest BCUT2D eigenvalue weighted by Crippen LogP contribution is -2.02. The molecule has 0 radical (unpaired) electrons. The van der Waals surface area contributed by atoms with Gasteiger partial charge in [-0.05, 0) is 24.1 Å². The summed E-state index contributed by atoms with van der Waals surface area (Å²) in [6, 6.07) is 7.22. The van der Waals surface area contributed by atoms with Crippen molar-refractivity contribution in [2.75, 3.05) is 12.4 Å². The Morgan fingerprint density at radius 3 is 2.47 bits per heavy atom. The van der Waals surface area contributed by atoms with E-state index < -0.39 is 0 Å². The zero-order chi connectivity index (χ0) is 14.0. The summed E-state index contributed by atoms with van der Waals surface area (Å²) in [6.45, 7) is 4.18. The molecule has 2 rings (SSSR count). The zero-order valence-electron chi connectivity index (χ0n) is 11.0. The van der Waals surface area contributed by atoms with Crippen molar-refractivity contribution in [3.8, 4) is 11.4 Å². The van der Waals surface area contributed by atoms with Crippen LogP contribution in [0.2, 0.25) is 10.0 Å². The van der Waals surface area contributed by atoms with Gasteiger partial charge in [-0.25, -0.2) is 9.97 Å². The van der Waals surface area contributed by atoms with E-state index >= 15 is 0 Å². The Balaban J connectivity index is 2.60. The molecule has 3 nitrogen and oxygen atoms in total. The third-order valence-electron chi connectivity index (χ3n) is 2.76. The first-order valence-electron chi connectivity index (χ1n) is 6.03. The third kappa shape index (κ3) is 3.17. The Morgan fingerprint density at radius 2 is 1.84 bits per heavy atom. The van der Waals surface area contributed by atoms with E-state index in [9.17, 15) is 0 Å². The molecule has 0 amide bonds. The first-order chi connectivity index (χ1) is 9.01. The number of halogens is 2. The normalized spacial score (nSPS) is 10.8. The highest BCUT2D eigenvalue weighted by atomic mass is 35.5. The van der Waals surface area contributed by atoms with Crippen LogP contribution in [-0.2, 0) is 0 Å². The van der Waals surface area contributed by atoms with Crippen LogP contribution < -0.4 is 5.32 Å². The summed E-state index contributed by atoms with van der Waals surface area (Å²) < 4.78 is 0.